The quantitative estimate of drug-likeness (QED) is 0.672. The van der Waals surface area contributed by atoms with Gasteiger partial charge in [-0.3, -0.25) is 9.59 Å². The molecule has 1 aliphatic rings. The average molecular weight is 318 g/mol. The highest BCUT2D eigenvalue weighted by Gasteiger charge is 2.21. The van der Waals surface area contributed by atoms with Gasteiger partial charge in [0.1, 0.15) is 0 Å². The van der Waals surface area contributed by atoms with Crippen molar-refractivity contribution in [2.75, 3.05) is 13.2 Å². The molecule has 0 atom stereocenters. The molecule has 126 valence electrons. The number of carbonyl (C=O) groups excluding carboxylic acids is 2. The van der Waals surface area contributed by atoms with Crippen molar-refractivity contribution in [2.45, 2.75) is 44.6 Å². The van der Waals surface area contributed by atoms with Gasteiger partial charge in [0, 0.05) is 31.2 Å². The number of benzene rings is 1. The Morgan fingerprint density at radius 1 is 1.09 bits per heavy atom. The van der Waals surface area contributed by atoms with Gasteiger partial charge in [0.2, 0.25) is 5.91 Å². The van der Waals surface area contributed by atoms with Crippen LogP contribution in [0.5, 0.6) is 0 Å². The van der Waals surface area contributed by atoms with Crippen LogP contribution in [0.15, 0.2) is 30.3 Å². The summed E-state index contributed by atoms with van der Waals surface area (Å²) >= 11 is 0. The lowest BCUT2D eigenvalue weighted by Gasteiger charge is -2.27. The van der Waals surface area contributed by atoms with E-state index in [2.05, 4.69) is 10.6 Å². The second-order valence-corrected chi connectivity index (χ2v) is 6.19. The standard InChI is InChI=1S/C18H26N2O3/c21-13-14-8-10-16(11-9-14)20-17(22)7-4-12-19-18(23)15-5-2-1-3-6-15/h1-3,5-6,14,16,21H,4,7-13H2,(H,19,23)(H,20,22). The summed E-state index contributed by atoms with van der Waals surface area (Å²) in [7, 11) is 0. The highest BCUT2D eigenvalue weighted by atomic mass is 16.3. The van der Waals surface area contributed by atoms with Gasteiger partial charge in [-0.1, -0.05) is 18.2 Å². The number of rotatable bonds is 7. The van der Waals surface area contributed by atoms with E-state index in [0.29, 0.717) is 30.9 Å². The predicted molar refractivity (Wildman–Crippen MR) is 89.0 cm³/mol. The maximum Gasteiger partial charge on any atom is 0.251 e. The fraction of sp³-hybridized carbons (Fsp3) is 0.556. The van der Waals surface area contributed by atoms with Gasteiger partial charge in [0.25, 0.3) is 5.91 Å². The third-order valence-corrected chi connectivity index (χ3v) is 4.37. The molecule has 0 saturated heterocycles. The molecule has 0 bridgehead atoms. The number of hydrogen-bond donors (Lipinski definition) is 3. The number of aliphatic hydroxyl groups is 1. The summed E-state index contributed by atoms with van der Waals surface area (Å²) in [5.74, 6) is 0.344. The Balaban J connectivity index is 1.57. The summed E-state index contributed by atoms with van der Waals surface area (Å²) < 4.78 is 0. The Hall–Kier alpha value is -1.88. The van der Waals surface area contributed by atoms with E-state index in [-0.39, 0.29) is 24.5 Å². The van der Waals surface area contributed by atoms with Gasteiger partial charge in [0.05, 0.1) is 0 Å². The smallest absolute Gasteiger partial charge is 0.251 e. The zero-order valence-corrected chi connectivity index (χ0v) is 13.5. The zero-order valence-electron chi connectivity index (χ0n) is 13.5. The second-order valence-electron chi connectivity index (χ2n) is 6.19. The number of amides is 2. The third kappa shape index (κ3) is 6.02. The summed E-state index contributed by atoms with van der Waals surface area (Å²) in [5, 5.41) is 15.0. The van der Waals surface area contributed by atoms with E-state index in [4.69, 9.17) is 5.11 Å². The number of hydrogen-bond acceptors (Lipinski definition) is 3. The first-order chi connectivity index (χ1) is 11.2. The van der Waals surface area contributed by atoms with Crippen molar-refractivity contribution in [1.29, 1.82) is 0 Å². The summed E-state index contributed by atoms with van der Waals surface area (Å²) in [5.41, 5.74) is 0.637. The largest absolute Gasteiger partial charge is 0.396 e. The first-order valence-corrected chi connectivity index (χ1v) is 8.42. The molecule has 1 aliphatic carbocycles. The van der Waals surface area contributed by atoms with Crippen molar-refractivity contribution in [3.63, 3.8) is 0 Å². The van der Waals surface area contributed by atoms with E-state index in [1.807, 2.05) is 18.2 Å². The molecule has 2 amide bonds. The molecule has 3 N–H and O–H groups in total. The van der Waals surface area contributed by atoms with Crippen molar-refractivity contribution < 1.29 is 14.7 Å². The molecule has 0 aliphatic heterocycles. The molecular weight excluding hydrogens is 292 g/mol. The van der Waals surface area contributed by atoms with Crippen LogP contribution in [0.1, 0.15) is 48.9 Å². The van der Waals surface area contributed by atoms with Crippen LogP contribution >= 0.6 is 0 Å². The minimum absolute atomic E-state index is 0.0476. The second kappa shape index (κ2) is 9.30. The van der Waals surface area contributed by atoms with E-state index in [1.54, 1.807) is 12.1 Å². The SMILES string of the molecule is O=C(CCCNC(=O)c1ccccc1)NC1CCC(CO)CC1. The molecule has 0 heterocycles. The van der Waals surface area contributed by atoms with Gasteiger partial charge in [0.15, 0.2) is 0 Å². The van der Waals surface area contributed by atoms with E-state index >= 15 is 0 Å². The normalized spacial score (nSPS) is 20.7. The Bertz CT molecular complexity index is 496. The first kappa shape index (κ1) is 17.5. The van der Waals surface area contributed by atoms with Crippen LogP contribution in [0.3, 0.4) is 0 Å². The van der Waals surface area contributed by atoms with Crippen LogP contribution in [0.4, 0.5) is 0 Å². The Labute approximate surface area is 137 Å². The third-order valence-electron chi connectivity index (χ3n) is 4.37. The molecule has 0 radical (unpaired) electrons. The Kier molecular flexibility index (Phi) is 7.07. The average Bonchev–Trinajstić information content (AvgIpc) is 2.60. The lowest BCUT2D eigenvalue weighted by Crippen LogP contribution is -2.38. The fourth-order valence-electron chi connectivity index (χ4n) is 2.93. The van der Waals surface area contributed by atoms with Crippen LogP contribution in [0.25, 0.3) is 0 Å². The van der Waals surface area contributed by atoms with Crippen molar-refractivity contribution in [2.24, 2.45) is 5.92 Å². The lowest BCUT2D eigenvalue weighted by atomic mass is 9.86. The molecule has 5 heteroatoms. The molecule has 0 unspecified atom stereocenters. The monoisotopic (exact) mass is 318 g/mol. The van der Waals surface area contributed by atoms with Gasteiger partial charge < -0.3 is 15.7 Å². The predicted octanol–water partition coefficient (Wildman–Crippen LogP) is 1.86. The molecule has 5 nitrogen and oxygen atoms in total. The number of nitrogens with one attached hydrogen (secondary N) is 2. The van der Waals surface area contributed by atoms with Gasteiger partial charge in [-0.2, -0.15) is 0 Å². The zero-order chi connectivity index (χ0) is 16.5. The minimum Gasteiger partial charge on any atom is -0.396 e. The highest BCUT2D eigenvalue weighted by molar-refractivity contribution is 5.94. The van der Waals surface area contributed by atoms with Gasteiger partial charge >= 0.3 is 0 Å². The van der Waals surface area contributed by atoms with Crippen LogP contribution in [0.2, 0.25) is 0 Å². The summed E-state index contributed by atoms with van der Waals surface area (Å²) in [6.45, 7) is 0.750. The van der Waals surface area contributed by atoms with Crippen molar-refractivity contribution in [3.05, 3.63) is 35.9 Å². The summed E-state index contributed by atoms with van der Waals surface area (Å²) in [6, 6.07) is 9.30. The van der Waals surface area contributed by atoms with Crippen LogP contribution in [-0.2, 0) is 4.79 Å². The molecular formula is C18H26N2O3. The Morgan fingerprint density at radius 2 is 1.78 bits per heavy atom. The maximum atomic E-state index is 11.9. The Morgan fingerprint density at radius 3 is 2.43 bits per heavy atom. The minimum atomic E-state index is -0.103. The van der Waals surface area contributed by atoms with E-state index in [1.165, 1.54) is 0 Å². The summed E-state index contributed by atoms with van der Waals surface area (Å²) in [6.07, 6.45) is 4.91. The van der Waals surface area contributed by atoms with Crippen LogP contribution < -0.4 is 10.6 Å². The van der Waals surface area contributed by atoms with Gasteiger partial charge in [-0.15, -0.1) is 0 Å². The first-order valence-electron chi connectivity index (χ1n) is 8.42. The van der Waals surface area contributed by atoms with Crippen molar-refractivity contribution in [3.8, 4) is 0 Å². The topological polar surface area (TPSA) is 78.4 Å². The molecule has 1 fully saturated rings. The molecule has 1 saturated carbocycles. The lowest BCUT2D eigenvalue weighted by molar-refractivity contribution is -0.122. The van der Waals surface area contributed by atoms with E-state index in [9.17, 15) is 9.59 Å². The molecule has 1 aromatic rings. The molecule has 1 aromatic carbocycles. The van der Waals surface area contributed by atoms with E-state index in [0.717, 1.165) is 25.7 Å². The number of carbonyl (C=O) groups is 2. The highest BCUT2D eigenvalue weighted by Crippen LogP contribution is 2.23. The molecule has 23 heavy (non-hydrogen) atoms. The fourth-order valence-corrected chi connectivity index (χ4v) is 2.93. The van der Waals surface area contributed by atoms with Gasteiger partial charge in [-0.05, 0) is 50.2 Å². The van der Waals surface area contributed by atoms with Crippen molar-refractivity contribution >= 4 is 11.8 Å². The van der Waals surface area contributed by atoms with Crippen molar-refractivity contribution in [1.82, 2.24) is 10.6 Å². The van der Waals surface area contributed by atoms with E-state index < -0.39 is 0 Å². The molecule has 2 rings (SSSR count). The van der Waals surface area contributed by atoms with Crippen LogP contribution in [0, 0.1) is 5.92 Å². The van der Waals surface area contributed by atoms with Crippen LogP contribution in [-0.4, -0.2) is 36.1 Å². The molecule has 0 spiro atoms. The van der Waals surface area contributed by atoms with Gasteiger partial charge in [-0.25, -0.2) is 0 Å². The molecule has 0 aromatic heterocycles. The number of aliphatic hydroxyl groups excluding tert-OH is 1. The maximum absolute atomic E-state index is 11.9. The summed E-state index contributed by atoms with van der Waals surface area (Å²) in [4.78, 5) is 23.7.